The largest absolute Gasteiger partial charge is 0.451 e. The van der Waals surface area contributed by atoms with Gasteiger partial charge in [-0.3, -0.25) is 28.5 Å². The maximum Gasteiger partial charge on any atom is 0.329 e. The minimum absolute atomic E-state index is 0.0849. The fourth-order valence-corrected chi connectivity index (χ4v) is 12.3. The van der Waals surface area contributed by atoms with Gasteiger partial charge < -0.3 is 38.5 Å². The minimum Gasteiger partial charge on any atom is -0.451 e. The molecule has 3 heterocycles. The molecule has 2 unspecified atom stereocenters. The van der Waals surface area contributed by atoms with Crippen molar-refractivity contribution in [1.82, 2.24) is 39.2 Å². The van der Waals surface area contributed by atoms with Crippen LogP contribution in [0.15, 0.2) is 73.1 Å². The maximum atomic E-state index is 15.2. The van der Waals surface area contributed by atoms with E-state index >= 15 is 9.59 Å². The van der Waals surface area contributed by atoms with Crippen molar-refractivity contribution >= 4 is 47.5 Å². The van der Waals surface area contributed by atoms with Gasteiger partial charge in [-0.25, -0.2) is 19.2 Å². The van der Waals surface area contributed by atoms with Crippen LogP contribution in [0.5, 0.6) is 0 Å². The van der Waals surface area contributed by atoms with E-state index < -0.39 is 96.1 Å². The van der Waals surface area contributed by atoms with E-state index in [1.165, 1.54) is 51.8 Å². The summed E-state index contributed by atoms with van der Waals surface area (Å²) in [6, 6.07) is 14.1. The Morgan fingerprint density at radius 3 is 0.933 bits per heavy atom. The summed E-state index contributed by atoms with van der Waals surface area (Å²) in [6.07, 6.45) is -0.198. The van der Waals surface area contributed by atoms with E-state index in [1.807, 2.05) is 126 Å². The van der Waals surface area contributed by atoms with Crippen molar-refractivity contribution in [1.29, 1.82) is 0 Å². The zero-order valence-corrected chi connectivity index (χ0v) is 56.6. The Bertz CT molecular complexity index is 2960. The molecule has 0 spiro atoms. The molecule has 2 aromatic carbocycles. The van der Waals surface area contributed by atoms with Gasteiger partial charge in [0, 0.05) is 76.6 Å². The Labute approximate surface area is 533 Å². The van der Waals surface area contributed by atoms with Crippen molar-refractivity contribution in [3.8, 4) is 0 Å². The lowest BCUT2D eigenvalue weighted by Gasteiger charge is -2.35. The van der Waals surface area contributed by atoms with E-state index in [0.29, 0.717) is 36.1 Å². The van der Waals surface area contributed by atoms with Crippen LogP contribution in [0.4, 0.5) is 0 Å². The number of nitrogens with zero attached hydrogens (tertiary/aromatic N) is 8. The van der Waals surface area contributed by atoms with Crippen LogP contribution in [-0.4, -0.2) is 163 Å². The van der Waals surface area contributed by atoms with Crippen LogP contribution in [-0.2, 0) is 83.2 Å². The molecule has 4 amide bonds. The van der Waals surface area contributed by atoms with Gasteiger partial charge in [0.1, 0.15) is 24.2 Å². The molecular weight excluding hydrogens is 1140 g/mol. The molecule has 2 saturated carbocycles. The van der Waals surface area contributed by atoms with E-state index in [-0.39, 0.29) is 73.0 Å². The van der Waals surface area contributed by atoms with E-state index in [1.54, 1.807) is 0 Å². The zero-order valence-electron chi connectivity index (χ0n) is 56.6. The molecule has 1 saturated heterocycles. The Hall–Kier alpha value is -7.38. The van der Waals surface area contributed by atoms with E-state index in [0.717, 1.165) is 45.2 Å². The van der Waals surface area contributed by atoms with Crippen molar-refractivity contribution in [2.45, 2.75) is 222 Å². The SMILES string of the molecule is CC(C)C[C@H]1C(=O)O[C@H](Cc2ccc(Cn3nccc3C3CC3(C)C)cc2)C(=O)N(C)[C@@H](CC(C)C)C(=O)O[C@H](C)C(=O)N(C)[C@@H](CC(C)C)C(=O)O[C@H](Cc2ccc(Cn3nccc3C3CC3(C)C)cc2)C(=O)N(C)[C@@H](CC(C)C)C(=O)O[C@H](C)C(=O)N1C. The van der Waals surface area contributed by atoms with Gasteiger partial charge in [0.25, 0.3) is 23.6 Å². The number of cyclic esters (lactones) is 4. The lowest BCUT2D eigenvalue weighted by molar-refractivity contribution is -0.176. The quantitative estimate of drug-likeness (QED) is 0.0670. The van der Waals surface area contributed by atoms with Crippen LogP contribution in [0, 0.1) is 34.5 Å². The Balaban J connectivity index is 1.23. The first kappa shape index (κ1) is 70.1. The summed E-state index contributed by atoms with van der Waals surface area (Å²) in [5, 5.41) is 9.22. The van der Waals surface area contributed by atoms with Crippen molar-refractivity contribution in [2.75, 3.05) is 28.2 Å². The van der Waals surface area contributed by atoms with Gasteiger partial charge in [0.2, 0.25) is 0 Å². The van der Waals surface area contributed by atoms with Crippen molar-refractivity contribution in [2.24, 2.45) is 34.5 Å². The van der Waals surface area contributed by atoms with Crippen LogP contribution >= 0.6 is 0 Å². The highest BCUT2D eigenvalue weighted by Crippen LogP contribution is 2.59. The Morgan fingerprint density at radius 1 is 0.411 bits per heavy atom. The molecule has 20 nitrogen and oxygen atoms in total. The van der Waals surface area contributed by atoms with Crippen LogP contribution in [0.1, 0.15) is 181 Å². The fraction of sp³-hybridized carbons (Fsp3) is 0.629. The predicted octanol–water partition coefficient (Wildman–Crippen LogP) is 9.18. The number of hydrogen-bond donors (Lipinski definition) is 0. The Kier molecular flexibility index (Phi) is 22.8. The fourth-order valence-electron chi connectivity index (χ4n) is 12.3. The number of carbonyl (C=O) groups is 8. The number of likely N-dealkylation sites (N-methyl/N-ethyl adjacent to an activating group) is 4. The number of hydrogen-bond acceptors (Lipinski definition) is 14. The summed E-state index contributed by atoms with van der Waals surface area (Å²) in [7, 11) is 5.64. The molecular formula is C70H100N8O12. The molecule has 3 aliphatic rings. The van der Waals surface area contributed by atoms with Crippen LogP contribution in [0.25, 0.3) is 0 Å². The lowest BCUT2D eigenvalue weighted by Crippen LogP contribution is -2.55. The van der Waals surface area contributed by atoms with Crippen molar-refractivity contribution in [3.63, 3.8) is 0 Å². The third-order valence-electron chi connectivity index (χ3n) is 18.3. The van der Waals surface area contributed by atoms with Gasteiger partial charge in [-0.05, 0) is 121 Å². The average Bonchev–Trinajstić information content (AvgIpc) is 1.61. The molecule has 2 aliphatic carbocycles. The summed E-state index contributed by atoms with van der Waals surface area (Å²) in [5.41, 5.74) is 5.89. The molecule has 1 aliphatic heterocycles. The molecule has 10 atom stereocenters. The third-order valence-corrected chi connectivity index (χ3v) is 18.3. The summed E-state index contributed by atoms with van der Waals surface area (Å²) >= 11 is 0. The lowest BCUT2D eigenvalue weighted by atomic mass is 9.99. The highest BCUT2D eigenvalue weighted by Gasteiger charge is 2.50. The molecule has 2 aromatic heterocycles. The molecule has 0 N–H and O–H groups in total. The number of aromatic nitrogens is 4. The maximum absolute atomic E-state index is 15.2. The van der Waals surface area contributed by atoms with Gasteiger partial charge in [-0.15, -0.1) is 0 Å². The smallest absolute Gasteiger partial charge is 0.329 e. The molecule has 7 rings (SSSR count). The topological polar surface area (TPSA) is 222 Å². The van der Waals surface area contributed by atoms with Gasteiger partial charge in [0.15, 0.2) is 24.4 Å². The molecule has 90 heavy (non-hydrogen) atoms. The van der Waals surface area contributed by atoms with E-state index in [2.05, 4.69) is 50.0 Å². The number of ether oxygens (including phenoxy) is 4. The average molecular weight is 1250 g/mol. The molecule has 0 radical (unpaired) electrons. The Morgan fingerprint density at radius 2 is 0.667 bits per heavy atom. The molecule has 0 bridgehead atoms. The summed E-state index contributed by atoms with van der Waals surface area (Å²) in [6.45, 7) is 27.7. The first-order valence-electron chi connectivity index (χ1n) is 32.2. The van der Waals surface area contributed by atoms with Crippen LogP contribution in [0.3, 0.4) is 0 Å². The first-order chi connectivity index (χ1) is 42.2. The highest BCUT2D eigenvalue weighted by molar-refractivity contribution is 5.94. The number of carbonyl (C=O) groups excluding carboxylic acids is 8. The van der Waals surface area contributed by atoms with Gasteiger partial charge in [-0.1, -0.05) is 132 Å². The molecule has 492 valence electrons. The standard InChI is InChI=1S/C70H100N8O12/c1-41(2)31-55-65(83)87-45(9)61(79)73(15)58(34-44(7)8)68(86)90-60(36-48-21-25-50(26-22-48)40-78-54(28-30-72-78)52-38-70(52,13)14)64(82)76(18)56(32-42(3)4)66(84)88-46(10)62(80)74(16)57(33-43(5)6)67(85)89-59(63(81)75(55)17)35-47-19-23-49(24-20-47)39-77-53(27-29-71-77)51-37-69(51,11)12/h19-30,41-46,51-52,55-60H,31-40H2,1-18H3/t45-,46-,51?,52?,55+,56+,57+,58+,59-,60-/m1/s1. The van der Waals surface area contributed by atoms with Crippen LogP contribution < -0.4 is 0 Å². The summed E-state index contributed by atoms with van der Waals surface area (Å²) in [4.78, 5) is 123. The normalized spacial score (nSPS) is 26.1. The first-order valence-corrected chi connectivity index (χ1v) is 32.2. The number of benzene rings is 2. The molecule has 4 aromatic rings. The number of rotatable bonds is 18. The predicted molar refractivity (Wildman–Crippen MR) is 340 cm³/mol. The zero-order chi connectivity index (χ0) is 66.4. The second kappa shape index (κ2) is 29.3. The molecule has 20 heteroatoms. The number of esters is 4. The second-order valence-corrected chi connectivity index (χ2v) is 28.7. The van der Waals surface area contributed by atoms with Gasteiger partial charge in [-0.2, -0.15) is 10.2 Å². The summed E-state index contributed by atoms with van der Waals surface area (Å²) in [5.74, 6) is -6.56. The van der Waals surface area contributed by atoms with Gasteiger partial charge in [0.05, 0.1) is 13.1 Å². The second-order valence-electron chi connectivity index (χ2n) is 28.7. The minimum atomic E-state index is -1.54. The highest BCUT2D eigenvalue weighted by atomic mass is 16.6. The van der Waals surface area contributed by atoms with Gasteiger partial charge >= 0.3 is 23.9 Å². The monoisotopic (exact) mass is 1240 g/mol. The summed E-state index contributed by atoms with van der Waals surface area (Å²) < 4.78 is 28.5. The van der Waals surface area contributed by atoms with Crippen LogP contribution in [0.2, 0.25) is 0 Å². The molecule has 3 fully saturated rings. The third kappa shape index (κ3) is 17.6. The van der Waals surface area contributed by atoms with E-state index in [9.17, 15) is 28.8 Å². The van der Waals surface area contributed by atoms with E-state index in [4.69, 9.17) is 18.9 Å². The van der Waals surface area contributed by atoms with Crippen molar-refractivity contribution < 1.29 is 57.3 Å². The van der Waals surface area contributed by atoms with Crippen molar-refractivity contribution in [3.05, 3.63) is 107 Å². The number of amides is 4.